The van der Waals surface area contributed by atoms with Crippen LogP contribution in [0, 0.1) is 11.3 Å². The zero-order valence-corrected chi connectivity index (χ0v) is 9.45. The maximum atomic E-state index is 11.7. The van der Waals surface area contributed by atoms with Crippen LogP contribution < -0.4 is 11.1 Å². The van der Waals surface area contributed by atoms with Gasteiger partial charge in [-0.15, -0.1) is 0 Å². The van der Waals surface area contributed by atoms with Gasteiger partial charge in [0.2, 0.25) is 5.91 Å². The number of rotatable bonds is 3. The third kappa shape index (κ3) is 3.11. The summed E-state index contributed by atoms with van der Waals surface area (Å²) in [6.07, 6.45) is 2.04. The van der Waals surface area contributed by atoms with Crippen molar-refractivity contribution in [3.63, 3.8) is 0 Å². The second-order valence-corrected chi connectivity index (χ2v) is 5.06. The van der Waals surface area contributed by atoms with Crippen molar-refractivity contribution in [2.75, 3.05) is 0 Å². The Hall–Kier alpha value is -1.26. The van der Waals surface area contributed by atoms with E-state index in [1.807, 2.05) is 20.8 Å². The van der Waals surface area contributed by atoms with Crippen molar-refractivity contribution in [2.45, 2.75) is 39.7 Å². The number of carbonyl (C=O) groups is 1. The Bertz CT molecular complexity index is 277. The first-order valence-corrected chi connectivity index (χ1v) is 5.14. The highest BCUT2D eigenvalue weighted by atomic mass is 16.4. The second kappa shape index (κ2) is 4.08. The molecule has 1 unspecified atom stereocenters. The molecule has 0 radical (unpaired) electrons. The smallest absolute Gasteiger partial charge is 0.225 e. The predicted octanol–water partition coefficient (Wildman–Crippen LogP) is 0.674. The van der Waals surface area contributed by atoms with Crippen LogP contribution in [0.1, 0.15) is 33.6 Å². The lowest BCUT2D eigenvalue weighted by atomic mass is 9.95. The molecule has 1 atom stereocenters. The van der Waals surface area contributed by atoms with Gasteiger partial charge in [0.25, 0.3) is 0 Å². The Balaban J connectivity index is 2.63. The van der Waals surface area contributed by atoms with Crippen LogP contribution in [0.2, 0.25) is 0 Å². The molecule has 1 amide bonds. The predicted molar refractivity (Wildman–Crippen MR) is 57.5 cm³/mol. The lowest BCUT2D eigenvalue weighted by molar-refractivity contribution is -0.128. The van der Waals surface area contributed by atoms with E-state index in [2.05, 4.69) is 10.5 Å². The van der Waals surface area contributed by atoms with Crippen molar-refractivity contribution in [1.82, 2.24) is 5.32 Å². The van der Waals surface area contributed by atoms with Gasteiger partial charge < -0.3 is 16.3 Å². The molecule has 5 heteroatoms. The standard InChI is InChI=1S/C10H19N3O2/c1-10(2,3)9(14)12-7(6-4-5-6)8(11)13-15/h6-7,15H,4-5H2,1-3H3,(H2,11,13)(H,12,14). The van der Waals surface area contributed by atoms with Crippen LogP contribution in [0.3, 0.4) is 0 Å². The number of amides is 1. The Morgan fingerprint density at radius 3 is 2.40 bits per heavy atom. The number of hydrogen-bond acceptors (Lipinski definition) is 3. The van der Waals surface area contributed by atoms with Crippen molar-refractivity contribution in [3.8, 4) is 0 Å². The third-order valence-corrected chi connectivity index (χ3v) is 2.50. The molecule has 0 heterocycles. The van der Waals surface area contributed by atoms with Gasteiger partial charge in [-0.05, 0) is 18.8 Å². The van der Waals surface area contributed by atoms with Gasteiger partial charge in [0.05, 0.1) is 6.04 Å². The molecule has 0 spiro atoms. The van der Waals surface area contributed by atoms with Crippen LogP contribution in [0.5, 0.6) is 0 Å². The Morgan fingerprint density at radius 2 is 2.07 bits per heavy atom. The molecule has 1 aliphatic carbocycles. The average Bonchev–Trinajstić information content (AvgIpc) is 2.94. The average molecular weight is 213 g/mol. The fraction of sp³-hybridized carbons (Fsp3) is 0.800. The Kier molecular flexibility index (Phi) is 3.21. The number of nitrogens with zero attached hydrogens (tertiary/aromatic N) is 1. The molecule has 4 N–H and O–H groups in total. The summed E-state index contributed by atoms with van der Waals surface area (Å²) in [6.45, 7) is 5.50. The molecule has 1 saturated carbocycles. The van der Waals surface area contributed by atoms with Gasteiger partial charge in [-0.3, -0.25) is 4.79 Å². The van der Waals surface area contributed by atoms with Crippen LogP contribution in [-0.4, -0.2) is 23.0 Å². The number of amidine groups is 1. The molecule has 0 aliphatic heterocycles. The molecule has 0 aromatic heterocycles. The summed E-state index contributed by atoms with van der Waals surface area (Å²) in [6, 6.07) is -0.318. The highest BCUT2D eigenvalue weighted by molar-refractivity contribution is 5.91. The summed E-state index contributed by atoms with van der Waals surface area (Å²) in [5, 5.41) is 14.4. The molecule has 15 heavy (non-hydrogen) atoms. The van der Waals surface area contributed by atoms with Gasteiger partial charge in [0, 0.05) is 5.41 Å². The lowest BCUT2D eigenvalue weighted by Gasteiger charge is -2.23. The second-order valence-electron chi connectivity index (χ2n) is 5.06. The third-order valence-electron chi connectivity index (χ3n) is 2.50. The molecule has 1 aliphatic rings. The number of carbonyl (C=O) groups excluding carboxylic acids is 1. The highest BCUT2D eigenvalue weighted by Gasteiger charge is 2.37. The summed E-state index contributed by atoms with van der Waals surface area (Å²) in [4.78, 5) is 11.7. The quantitative estimate of drug-likeness (QED) is 0.279. The summed E-state index contributed by atoms with van der Waals surface area (Å²) in [5.41, 5.74) is 5.08. The zero-order valence-electron chi connectivity index (χ0n) is 9.45. The normalized spacial score (nSPS) is 19.8. The Labute approximate surface area is 89.7 Å². The van der Waals surface area contributed by atoms with Gasteiger partial charge >= 0.3 is 0 Å². The topological polar surface area (TPSA) is 87.7 Å². The van der Waals surface area contributed by atoms with E-state index in [1.54, 1.807) is 0 Å². The van der Waals surface area contributed by atoms with Crippen LogP contribution >= 0.6 is 0 Å². The fourth-order valence-corrected chi connectivity index (χ4v) is 1.28. The van der Waals surface area contributed by atoms with E-state index in [1.165, 1.54) is 0 Å². The number of nitrogens with one attached hydrogen (secondary N) is 1. The number of oxime groups is 1. The first kappa shape index (κ1) is 11.8. The number of nitrogens with two attached hydrogens (primary N) is 1. The summed E-state index contributed by atoms with van der Waals surface area (Å²) < 4.78 is 0. The van der Waals surface area contributed by atoms with E-state index < -0.39 is 5.41 Å². The van der Waals surface area contributed by atoms with Crippen LogP contribution in [0.15, 0.2) is 5.16 Å². The van der Waals surface area contributed by atoms with E-state index in [0.717, 1.165) is 12.8 Å². The molecule has 0 aromatic rings. The highest BCUT2D eigenvalue weighted by Crippen LogP contribution is 2.33. The van der Waals surface area contributed by atoms with Crippen LogP contribution in [-0.2, 0) is 4.79 Å². The van der Waals surface area contributed by atoms with Gasteiger partial charge in [-0.1, -0.05) is 25.9 Å². The van der Waals surface area contributed by atoms with Crippen LogP contribution in [0.4, 0.5) is 0 Å². The molecule has 0 bridgehead atoms. The molecular formula is C10H19N3O2. The molecule has 5 nitrogen and oxygen atoms in total. The fourth-order valence-electron chi connectivity index (χ4n) is 1.28. The van der Waals surface area contributed by atoms with E-state index in [-0.39, 0.29) is 17.8 Å². The van der Waals surface area contributed by atoms with Gasteiger partial charge in [-0.25, -0.2) is 0 Å². The maximum Gasteiger partial charge on any atom is 0.225 e. The summed E-state index contributed by atoms with van der Waals surface area (Å²) in [5.74, 6) is 0.341. The molecule has 1 fully saturated rings. The van der Waals surface area contributed by atoms with E-state index >= 15 is 0 Å². The van der Waals surface area contributed by atoms with Crippen LogP contribution in [0.25, 0.3) is 0 Å². The first-order valence-electron chi connectivity index (χ1n) is 5.14. The van der Waals surface area contributed by atoms with Crippen molar-refractivity contribution in [1.29, 1.82) is 0 Å². The van der Waals surface area contributed by atoms with E-state index in [4.69, 9.17) is 10.9 Å². The summed E-state index contributed by atoms with van der Waals surface area (Å²) >= 11 is 0. The van der Waals surface area contributed by atoms with Gasteiger partial charge in [0.15, 0.2) is 5.84 Å². The monoisotopic (exact) mass is 213 g/mol. The van der Waals surface area contributed by atoms with Crippen molar-refractivity contribution < 1.29 is 10.0 Å². The van der Waals surface area contributed by atoms with E-state index in [0.29, 0.717) is 5.92 Å². The Morgan fingerprint density at radius 1 is 1.53 bits per heavy atom. The van der Waals surface area contributed by atoms with Crippen molar-refractivity contribution in [2.24, 2.45) is 22.2 Å². The molecule has 86 valence electrons. The molecule has 0 aromatic carbocycles. The molecule has 1 rings (SSSR count). The van der Waals surface area contributed by atoms with Crippen molar-refractivity contribution >= 4 is 11.7 Å². The van der Waals surface area contributed by atoms with Gasteiger partial charge in [0.1, 0.15) is 0 Å². The largest absolute Gasteiger partial charge is 0.409 e. The summed E-state index contributed by atoms with van der Waals surface area (Å²) in [7, 11) is 0. The lowest BCUT2D eigenvalue weighted by Crippen LogP contribution is -2.49. The zero-order chi connectivity index (χ0) is 11.6. The van der Waals surface area contributed by atoms with Crippen molar-refractivity contribution in [3.05, 3.63) is 0 Å². The van der Waals surface area contributed by atoms with Gasteiger partial charge in [-0.2, -0.15) is 0 Å². The maximum absolute atomic E-state index is 11.7. The molecular weight excluding hydrogens is 194 g/mol. The minimum absolute atomic E-state index is 0.0778. The molecule has 0 saturated heterocycles. The minimum Gasteiger partial charge on any atom is -0.409 e. The van der Waals surface area contributed by atoms with E-state index in [9.17, 15) is 4.79 Å². The number of hydrogen-bond donors (Lipinski definition) is 3. The first-order chi connectivity index (χ1) is 6.86. The minimum atomic E-state index is -0.455. The SMILES string of the molecule is CC(C)(C)C(=O)NC(C(N)=NO)C1CC1.